The van der Waals surface area contributed by atoms with Gasteiger partial charge in [0.15, 0.2) is 0 Å². The molecule has 0 spiro atoms. The van der Waals surface area contributed by atoms with Crippen LogP contribution < -0.4 is 11.1 Å². The molecule has 2 aliphatic heterocycles. The largest absolute Gasteiger partial charge is 0.381 e. The molecule has 2 aromatic rings. The maximum absolute atomic E-state index is 15.3. The van der Waals surface area contributed by atoms with Gasteiger partial charge in [-0.25, -0.2) is 12.9 Å². The van der Waals surface area contributed by atoms with E-state index in [1.807, 2.05) is 40.7 Å². The Morgan fingerprint density at radius 2 is 1.94 bits per heavy atom. The van der Waals surface area contributed by atoms with Crippen molar-refractivity contribution in [2.24, 2.45) is 5.73 Å². The molecule has 0 radical (unpaired) electrons. The fraction of sp³-hybridized carbons (Fsp3) is 0.480. The predicted molar refractivity (Wildman–Crippen MR) is 127 cm³/mol. The summed E-state index contributed by atoms with van der Waals surface area (Å²) in [7, 11) is -1.25. The van der Waals surface area contributed by atoms with Gasteiger partial charge in [0, 0.05) is 36.9 Å². The van der Waals surface area contributed by atoms with Gasteiger partial charge in [-0.1, -0.05) is 42.5 Å². The number of hydrogen-bond donors (Lipinski definition) is 2. The fourth-order valence-corrected chi connectivity index (χ4v) is 6.61. The van der Waals surface area contributed by atoms with E-state index in [9.17, 15) is 9.00 Å². The van der Waals surface area contributed by atoms with E-state index in [4.69, 9.17) is 10.5 Å². The third kappa shape index (κ3) is 5.35. The van der Waals surface area contributed by atoms with Gasteiger partial charge in [0.05, 0.1) is 11.8 Å². The number of nitrogens with zero attached hydrogens (tertiary/aromatic N) is 1. The molecule has 2 heterocycles. The van der Waals surface area contributed by atoms with E-state index < -0.39 is 22.4 Å². The van der Waals surface area contributed by atoms with Crippen molar-refractivity contribution >= 4 is 16.9 Å². The Morgan fingerprint density at radius 3 is 2.61 bits per heavy atom. The number of benzene rings is 2. The fourth-order valence-electron chi connectivity index (χ4n) is 4.83. The first-order chi connectivity index (χ1) is 15.9. The lowest BCUT2D eigenvalue weighted by Gasteiger charge is -2.39. The highest BCUT2D eigenvalue weighted by atomic mass is 32.2. The summed E-state index contributed by atoms with van der Waals surface area (Å²) < 4.78 is 36.1. The second kappa shape index (κ2) is 10.4. The van der Waals surface area contributed by atoms with Gasteiger partial charge in [0.2, 0.25) is 5.91 Å². The Morgan fingerprint density at radius 1 is 1.21 bits per heavy atom. The first-order valence-corrected chi connectivity index (χ1v) is 12.7. The monoisotopic (exact) mass is 473 g/mol. The van der Waals surface area contributed by atoms with Crippen LogP contribution in [0.5, 0.6) is 0 Å². The van der Waals surface area contributed by atoms with Crippen LogP contribution in [-0.2, 0) is 32.6 Å². The smallest absolute Gasteiger partial charge is 0.231 e. The van der Waals surface area contributed by atoms with Crippen LogP contribution >= 0.6 is 0 Å². The molecule has 2 aliphatic rings. The summed E-state index contributed by atoms with van der Waals surface area (Å²) in [5, 5.41) is 3.16. The minimum Gasteiger partial charge on any atom is -0.381 e. The summed E-state index contributed by atoms with van der Waals surface area (Å²) >= 11 is 0. The Labute approximate surface area is 197 Å². The zero-order valence-electron chi connectivity index (χ0n) is 19.0. The van der Waals surface area contributed by atoms with Crippen LogP contribution in [0.1, 0.15) is 54.5 Å². The molecule has 2 aromatic carbocycles. The first-order valence-electron chi connectivity index (χ1n) is 11.5. The van der Waals surface area contributed by atoms with Gasteiger partial charge in [-0.3, -0.25) is 10.1 Å². The molecule has 33 heavy (non-hydrogen) atoms. The number of amides is 1. The third-order valence-corrected chi connectivity index (χ3v) is 8.81. The predicted octanol–water partition coefficient (Wildman–Crippen LogP) is 3.30. The standard InChI is InChI=1S/C25H32FN3O3S/c1-18-7-10-23(19-5-3-2-4-6-19)33(31)29(18)17-20-8-9-21(15-22(20)26)25(28-16-24(27)30)11-13-32-14-12-25/h2-6,8-9,15,18,23,28H,7,10-14,16-17H2,1H3,(H2,27,30)/t18-,23+,33?/m0/s1. The lowest BCUT2D eigenvalue weighted by Crippen LogP contribution is -2.49. The Balaban J connectivity index is 1.55. The Hall–Kier alpha value is -2.13. The molecule has 1 amide bonds. The minimum absolute atomic E-state index is 0.0223. The van der Waals surface area contributed by atoms with E-state index in [2.05, 4.69) is 12.2 Å². The van der Waals surface area contributed by atoms with Crippen molar-refractivity contribution in [3.63, 3.8) is 0 Å². The van der Waals surface area contributed by atoms with Crippen LogP contribution in [0.4, 0.5) is 4.39 Å². The van der Waals surface area contributed by atoms with Crippen LogP contribution in [0, 0.1) is 5.82 Å². The van der Waals surface area contributed by atoms with Gasteiger partial charge in [-0.2, -0.15) is 0 Å². The summed E-state index contributed by atoms with van der Waals surface area (Å²) in [6.45, 7) is 3.42. The highest BCUT2D eigenvalue weighted by Crippen LogP contribution is 2.37. The highest BCUT2D eigenvalue weighted by Gasteiger charge is 2.36. The second-order valence-corrected chi connectivity index (χ2v) is 10.6. The van der Waals surface area contributed by atoms with Crippen molar-refractivity contribution < 1.29 is 18.1 Å². The van der Waals surface area contributed by atoms with Gasteiger partial charge in [0.25, 0.3) is 0 Å². The molecule has 0 aliphatic carbocycles. The Bertz CT molecular complexity index is 998. The molecule has 3 N–H and O–H groups in total. The van der Waals surface area contributed by atoms with E-state index >= 15 is 4.39 Å². The zero-order chi connectivity index (χ0) is 23.4. The molecule has 178 valence electrons. The molecule has 2 saturated heterocycles. The number of hydrogen-bond acceptors (Lipinski definition) is 4. The average Bonchev–Trinajstić information content (AvgIpc) is 2.82. The Kier molecular flexibility index (Phi) is 7.58. The summed E-state index contributed by atoms with van der Waals surface area (Å²) in [5.41, 5.74) is 7.15. The lowest BCUT2D eigenvalue weighted by atomic mass is 9.82. The van der Waals surface area contributed by atoms with Crippen molar-refractivity contribution in [3.05, 3.63) is 71.0 Å². The summed E-state index contributed by atoms with van der Waals surface area (Å²) in [6.07, 6.45) is 3.02. The SMILES string of the molecule is C[C@H]1CC[C@H](c2ccccc2)S(=O)N1Cc1ccc(C2(NCC(N)=O)CCOCC2)cc1F. The van der Waals surface area contributed by atoms with E-state index in [1.165, 1.54) is 0 Å². The number of nitrogens with one attached hydrogen (secondary N) is 1. The second-order valence-electron chi connectivity index (χ2n) is 9.00. The lowest BCUT2D eigenvalue weighted by molar-refractivity contribution is -0.117. The molecule has 0 bridgehead atoms. The van der Waals surface area contributed by atoms with Crippen molar-refractivity contribution in [1.82, 2.24) is 9.62 Å². The number of nitrogens with two attached hydrogens (primary N) is 1. The summed E-state index contributed by atoms with van der Waals surface area (Å²) in [6, 6.07) is 15.2. The highest BCUT2D eigenvalue weighted by molar-refractivity contribution is 7.83. The van der Waals surface area contributed by atoms with Crippen LogP contribution in [0.15, 0.2) is 48.5 Å². The number of carbonyl (C=O) groups excluding carboxylic acids is 1. The molecule has 1 unspecified atom stereocenters. The molecular weight excluding hydrogens is 441 g/mol. The van der Waals surface area contributed by atoms with Gasteiger partial charge >= 0.3 is 0 Å². The maximum Gasteiger partial charge on any atom is 0.231 e. The summed E-state index contributed by atoms with van der Waals surface area (Å²) in [5.74, 6) is -0.780. The van der Waals surface area contributed by atoms with Crippen molar-refractivity contribution in [2.75, 3.05) is 19.8 Å². The van der Waals surface area contributed by atoms with Crippen LogP contribution in [-0.4, -0.2) is 40.2 Å². The van der Waals surface area contributed by atoms with Gasteiger partial charge in [0.1, 0.15) is 16.8 Å². The normalized spacial score (nSPS) is 25.6. The van der Waals surface area contributed by atoms with E-state index in [0.29, 0.717) is 31.6 Å². The molecule has 3 atom stereocenters. The van der Waals surface area contributed by atoms with Gasteiger partial charge in [-0.15, -0.1) is 0 Å². The van der Waals surface area contributed by atoms with E-state index in [0.717, 1.165) is 24.0 Å². The maximum atomic E-state index is 15.3. The third-order valence-electron chi connectivity index (χ3n) is 6.86. The molecule has 6 nitrogen and oxygen atoms in total. The van der Waals surface area contributed by atoms with Crippen molar-refractivity contribution in [3.8, 4) is 0 Å². The van der Waals surface area contributed by atoms with Crippen molar-refractivity contribution in [1.29, 1.82) is 0 Å². The van der Waals surface area contributed by atoms with Crippen molar-refractivity contribution in [2.45, 2.75) is 56.0 Å². The van der Waals surface area contributed by atoms with E-state index in [1.54, 1.807) is 12.1 Å². The van der Waals surface area contributed by atoms with E-state index in [-0.39, 0.29) is 30.2 Å². The number of halogens is 1. The molecule has 8 heteroatoms. The average molecular weight is 474 g/mol. The molecule has 0 aromatic heterocycles. The molecule has 0 saturated carbocycles. The topological polar surface area (TPSA) is 84.7 Å². The number of rotatable bonds is 7. The van der Waals surface area contributed by atoms with Crippen LogP contribution in [0.2, 0.25) is 0 Å². The van der Waals surface area contributed by atoms with Gasteiger partial charge in [-0.05, 0) is 49.8 Å². The first kappa shape index (κ1) is 24.0. The minimum atomic E-state index is -1.25. The van der Waals surface area contributed by atoms with Gasteiger partial charge < -0.3 is 10.5 Å². The number of ether oxygens (including phenoxy) is 1. The number of carbonyl (C=O) groups is 1. The zero-order valence-corrected chi connectivity index (χ0v) is 19.8. The molecule has 2 fully saturated rings. The number of primary amides is 1. The summed E-state index contributed by atoms with van der Waals surface area (Å²) in [4.78, 5) is 11.4. The van der Waals surface area contributed by atoms with Crippen LogP contribution in [0.3, 0.4) is 0 Å². The quantitative estimate of drug-likeness (QED) is 0.646. The van der Waals surface area contributed by atoms with Crippen LogP contribution in [0.25, 0.3) is 0 Å². The molecular formula is C25H32FN3O3S. The molecule has 4 rings (SSSR count).